The summed E-state index contributed by atoms with van der Waals surface area (Å²) >= 11 is 0. The van der Waals surface area contributed by atoms with Crippen molar-refractivity contribution in [2.24, 2.45) is 5.92 Å². The molecule has 2 atom stereocenters. The van der Waals surface area contributed by atoms with Crippen LogP contribution in [0.25, 0.3) is 0 Å². The molecule has 3 nitrogen and oxygen atoms in total. The normalized spacial score (nSPS) is 14.9. The van der Waals surface area contributed by atoms with E-state index in [1.165, 1.54) is 0 Å². The van der Waals surface area contributed by atoms with Gasteiger partial charge < -0.3 is 10.1 Å². The van der Waals surface area contributed by atoms with Crippen molar-refractivity contribution in [2.75, 3.05) is 13.7 Å². The molecule has 0 aromatic rings. The molecule has 0 radical (unpaired) electrons. The number of rotatable bonds is 7. The van der Waals surface area contributed by atoms with Gasteiger partial charge in [-0.15, -0.1) is 0 Å². The molecule has 0 saturated carbocycles. The second kappa shape index (κ2) is 7.80. The first-order valence-corrected chi connectivity index (χ1v) is 5.48. The summed E-state index contributed by atoms with van der Waals surface area (Å²) in [6.07, 6.45) is 2.78. The van der Waals surface area contributed by atoms with Gasteiger partial charge in [-0.1, -0.05) is 20.3 Å². The first-order chi connectivity index (χ1) is 6.65. The van der Waals surface area contributed by atoms with Gasteiger partial charge in [0.1, 0.15) is 0 Å². The van der Waals surface area contributed by atoms with Crippen LogP contribution in [0, 0.1) is 5.92 Å². The number of hydrogen-bond acceptors (Lipinski definition) is 3. The Morgan fingerprint density at radius 2 is 2.07 bits per heavy atom. The van der Waals surface area contributed by atoms with Crippen LogP contribution in [0.5, 0.6) is 0 Å². The van der Waals surface area contributed by atoms with Crippen LogP contribution in [0.15, 0.2) is 0 Å². The molecule has 0 aliphatic heterocycles. The van der Waals surface area contributed by atoms with Gasteiger partial charge in [0, 0.05) is 6.04 Å². The van der Waals surface area contributed by atoms with Gasteiger partial charge in [-0.25, -0.2) is 0 Å². The minimum absolute atomic E-state index is 0.102. The molecule has 0 aliphatic rings. The second-order valence-electron chi connectivity index (χ2n) is 3.67. The monoisotopic (exact) mass is 201 g/mol. The van der Waals surface area contributed by atoms with Crippen LogP contribution in [0.2, 0.25) is 0 Å². The maximum absolute atomic E-state index is 11.3. The van der Waals surface area contributed by atoms with Crippen LogP contribution < -0.4 is 5.32 Å². The highest BCUT2D eigenvalue weighted by Crippen LogP contribution is 2.13. The zero-order chi connectivity index (χ0) is 11.0. The highest BCUT2D eigenvalue weighted by atomic mass is 16.5. The molecule has 3 heteroatoms. The Labute approximate surface area is 87.2 Å². The van der Waals surface area contributed by atoms with E-state index in [9.17, 15) is 4.79 Å². The molecule has 0 amide bonds. The average Bonchev–Trinajstić information content (AvgIpc) is 2.15. The van der Waals surface area contributed by atoms with Gasteiger partial charge in [-0.2, -0.15) is 0 Å². The largest absolute Gasteiger partial charge is 0.466 e. The number of carbonyl (C=O) groups excluding carboxylic acids is 1. The molecule has 0 aliphatic carbocycles. The van der Waals surface area contributed by atoms with Crippen molar-refractivity contribution in [1.29, 1.82) is 0 Å². The van der Waals surface area contributed by atoms with Gasteiger partial charge in [0.25, 0.3) is 0 Å². The topological polar surface area (TPSA) is 38.3 Å². The van der Waals surface area contributed by atoms with E-state index in [-0.39, 0.29) is 12.0 Å². The first-order valence-electron chi connectivity index (χ1n) is 5.48. The van der Waals surface area contributed by atoms with E-state index in [4.69, 9.17) is 4.74 Å². The van der Waals surface area contributed by atoms with Crippen LogP contribution in [0.1, 0.15) is 40.0 Å². The summed E-state index contributed by atoms with van der Waals surface area (Å²) in [7, 11) is 1.90. The molecule has 0 bridgehead atoms. The zero-order valence-electron chi connectivity index (χ0n) is 9.80. The quantitative estimate of drug-likeness (QED) is 0.640. The van der Waals surface area contributed by atoms with Gasteiger partial charge in [-0.05, 0) is 26.3 Å². The lowest BCUT2D eigenvalue weighted by Crippen LogP contribution is -2.34. The molecule has 0 rings (SSSR count). The van der Waals surface area contributed by atoms with Crippen LogP contribution >= 0.6 is 0 Å². The first kappa shape index (κ1) is 13.4. The predicted molar refractivity (Wildman–Crippen MR) is 58.2 cm³/mol. The van der Waals surface area contributed by atoms with Crippen molar-refractivity contribution in [2.45, 2.75) is 46.1 Å². The van der Waals surface area contributed by atoms with E-state index >= 15 is 0 Å². The summed E-state index contributed by atoms with van der Waals surface area (Å²) in [6, 6.07) is 0.244. The predicted octanol–water partition coefficient (Wildman–Crippen LogP) is 1.96. The van der Waals surface area contributed by atoms with Crippen LogP contribution in [0.3, 0.4) is 0 Å². The van der Waals surface area contributed by atoms with Crippen LogP contribution in [-0.2, 0) is 9.53 Å². The van der Waals surface area contributed by atoms with Crippen molar-refractivity contribution in [3.05, 3.63) is 0 Å². The Bertz CT molecular complexity index is 159. The molecule has 1 N–H and O–H groups in total. The molecule has 14 heavy (non-hydrogen) atoms. The highest BCUT2D eigenvalue weighted by Gasteiger charge is 2.18. The molecule has 0 saturated heterocycles. The van der Waals surface area contributed by atoms with Crippen molar-refractivity contribution in [3.63, 3.8) is 0 Å². The molecule has 0 aromatic heterocycles. The molecule has 0 heterocycles. The van der Waals surface area contributed by atoms with E-state index in [2.05, 4.69) is 19.2 Å². The summed E-state index contributed by atoms with van der Waals surface area (Å²) in [6.45, 7) is 6.64. The Morgan fingerprint density at radius 3 is 2.50 bits per heavy atom. The number of carbonyl (C=O) groups is 1. The fourth-order valence-corrected chi connectivity index (χ4v) is 1.64. The maximum atomic E-state index is 11.3. The Morgan fingerprint density at radius 1 is 1.43 bits per heavy atom. The summed E-state index contributed by atoms with van der Waals surface area (Å²) < 4.78 is 4.92. The van der Waals surface area contributed by atoms with E-state index < -0.39 is 0 Å². The van der Waals surface area contributed by atoms with Gasteiger partial charge in [-0.3, -0.25) is 4.79 Å². The fraction of sp³-hybridized carbons (Fsp3) is 0.909. The van der Waals surface area contributed by atoms with Crippen LogP contribution in [0.4, 0.5) is 0 Å². The third kappa shape index (κ3) is 5.22. The smallest absolute Gasteiger partial charge is 0.307 e. The molecular weight excluding hydrogens is 178 g/mol. The third-order valence-electron chi connectivity index (χ3n) is 2.49. The van der Waals surface area contributed by atoms with Gasteiger partial charge in [0.15, 0.2) is 0 Å². The maximum Gasteiger partial charge on any atom is 0.307 e. The van der Waals surface area contributed by atoms with Crippen molar-refractivity contribution >= 4 is 5.97 Å². The summed E-state index contributed by atoms with van der Waals surface area (Å²) in [5.74, 6) is 0.421. The summed E-state index contributed by atoms with van der Waals surface area (Å²) in [4.78, 5) is 11.3. The van der Waals surface area contributed by atoms with E-state index in [0.717, 1.165) is 12.8 Å². The fourth-order valence-electron chi connectivity index (χ4n) is 1.64. The molecular formula is C11H23NO2. The summed E-state index contributed by atoms with van der Waals surface area (Å²) in [5, 5.41) is 3.18. The molecule has 2 unspecified atom stereocenters. The van der Waals surface area contributed by atoms with Crippen LogP contribution in [-0.4, -0.2) is 25.7 Å². The average molecular weight is 201 g/mol. The Hall–Kier alpha value is -0.570. The Kier molecular flexibility index (Phi) is 7.48. The SMILES string of the molecule is CCCC(C)C(CC(=O)OCC)NC. The van der Waals surface area contributed by atoms with Crippen molar-refractivity contribution in [3.8, 4) is 0 Å². The number of ether oxygens (including phenoxy) is 1. The molecule has 0 fully saturated rings. The lowest BCUT2D eigenvalue weighted by molar-refractivity contribution is -0.144. The number of hydrogen-bond donors (Lipinski definition) is 1. The van der Waals surface area contributed by atoms with E-state index in [0.29, 0.717) is 18.9 Å². The summed E-state index contributed by atoms with van der Waals surface area (Å²) in [5.41, 5.74) is 0. The minimum atomic E-state index is -0.102. The molecule has 84 valence electrons. The lowest BCUT2D eigenvalue weighted by Gasteiger charge is -2.22. The second-order valence-corrected chi connectivity index (χ2v) is 3.67. The molecule has 0 spiro atoms. The third-order valence-corrected chi connectivity index (χ3v) is 2.49. The zero-order valence-corrected chi connectivity index (χ0v) is 9.80. The van der Waals surface area contributed by atoms with E-state index in [1.54, 1.807) is 0 Å². The standard InChI is InChI=1S/C11H23NO2/c1-5-7-9(3)10(12-4)8-11(13)14-6-2/h9-10,12H,5-8H2,1-4H3. The van der Waals surface area contributed by atoms with Crippen molar-refractivity contribution < 1.29 is 9.53 Å². The number of nitrogens with one attached hydrogen (secondary N) is 1. The van der Waals surface area contributed by atoms with Gasteiger partial charge in [0.2, 0.25) is 0 Å². The highest BCUT2D eigenvalue weighted by molar-refractivity contribution is 5.70. The van der Waals surface area contributed by atoms with Gasteiger partial charge >= 0.3 is 5.97 Å². The lowest BCUT2D eigenvalue weighted by atomic mass is 9.94. The van der Waals surface area contributed by atoms with Crippen molar-refractivity contribution in [1.82, 2.24) is 5.32 Å². The Balaban J connectivity index is 3.94. The number of esters is 1. The molecule has 0 aromatic carbocycles. The van der Waals surface area contributed by atoms with E-state index in [1.807, 2.05) is 14.0 Å². The van der Waals surface area contributed by atoms with Gasteiger partial charge in [0.05, 0.1) is 13.0 Å². The minimum Gasteiger partial charge on any atom is -0.466 e.